The number of hydrogen-bond acceptors (Lipinski definition) is 10. The van der Waals surface area contributed by atoms with E-state index >= 15 is 0 Å². The van der Waals surface area contributed by atoms with Gasteiger partial charge in [-0.05, 0) is 55.6 Å². The van der Waals surface area contributed by atoms with Crippen LogP contribution < -0.4 is 20.4 Å². The van der Waals surface area contributed by atoms with E-state index in [-0.39, 0.29) is 11.9 Å². The van der Waals surface area contributed by atoms with E-state index in [9.17, 15) is 14.4 Å². The van der Waals surface area contributed by atoms with Gasteiger partial charge in [-0.3, -0.25) is 4.79 Å². The number of hydrogen-bond donors (Lipinski definition) is 2. The number of nitrogens with one attached hydrogen (secondary N) is 2. The lowest BCUT2D eigenvalue weighted by molar-refractivity contribution is 0.0664. The maximum Gasteiger partial charge on any atom is 0.323 e. The minimum atomic E-state index is -0.398. The fourth-order valence-corrected chi connectivity index (χ4v) is 5.79. The largest absolute Gasteiger partial charge is 0.378 e. The van der Waals surface area contributed by atoms with Gasteiger partial charge in [0.1, 0.15) is 0 Å². The Balaban J connectivity index is 1.10. The first-order chi connectivity index (χ1) is 23.2. The lowest BCUT2D eigenvalue weighted by atomic mass is 10.1. The van der Waals surface area contributed by atoms with Crippen LogP contribution in [0, 0.1) is 0 Å². The van der Waals surface area contributed by atoms with Crippen molar-refractivity contribution >= 4 is 41.2 Å². The summed E-state index contributed by atoms with van der Waals surface area (Å²) in [5, 5.41) is 5.69. The molecule has 0 atom stereocenters. The Morgan fingerprint density at radius 3 is 1.75 bits per heavy atom. The van der Waals surface area contributed by atoms with Gasteiger partial charge in [-0.15, -0.1) is 0 Å². The summed E-state index contributed by atoms with van der Waals surface area (Å²) in [7, 11) is 5.57. The molecule has 3 aliphatic rings. The fourth-order valence-electron chi connectivity index (χ4n) is 5.79. The fraction of sp³-hybridized carbons (Fsp3) is 0.455. The van der Waals surface area contributed by atoms with Crippen LogP contribution in [0.5, 0.6) is 0 Å². The first-order valence-electron chi connectivity index (χ1n) is 16.3. The molecule has 15 nitrogen and oxygen atoms in total. The van der Waals surface area contributed by atoms with Crippen LogP contribution in [0.1, 0.15) is 10.4 Å². The average molecular weight is 658 g/mol. The summed E-state index contributed by atoms with van der Waals surface area (Å²) < 4.78 is 5.54. The third-order valence-corrected chi connectivity index (χ3v) is 8.70. The number of benzene rings is 2. The second-order valence-corrected chi connectivity index (χ2v) is 12.3. The third-order valence-electron chi connectivity index (χ3n) is 8.70. The van der Waals surface area contributed by atoms with Gasteiger partial charge in [0.15, 0.2) is 5.82 Å². The normalized spacial score (nSPS) is 17.2. The van der Waals surface area contributed by atoms with Crippen LogP contribution in [-0.2, 0) is 4.74 Å². The molecule has 3 aromatic rings. The molecule has 254 valence electrons. The molecular weight excluding hydrogens is 614 g/mol. The maximum atomic E-state index is 12.8. The van der Waals surface area contributed by atoms with E-state index in [4.69, 9.17) is 19.7 Å². The van der Waals surface area contributed by atoms with E-state index in [1.54, 1.807) is 55.4 Å². The second kappa shape index (κ2) is 14.8. The zero-order valence-corrected chi connectivity index (χ0v) is 27.8. The minimum absolute atomic E-state index is 0.000576. The van der Waals surface area contributed by atoms with Crippen molar-refractivity contribution in [3.63, 3.8) is 0 Å². The molecule has 0 unspecified atom stereocenters. The first kappa shape index (κ1) is 32.9. The lowest BCUT2D eigenvalue weighted by Crippen LogP contribution is -2.52. The van der Waals surface area contributed by atoms with E-state index < -0.39 is 6.03 Å². The van der Waals surface area contributed by atoms with Crippen molar-refractivity contribution < 1.29 is 19.1 Å². The number of amides is 5. The number of carbonyl (C=O) groups is 3. The van der Waals surface area contributed by atoms with Gasteiger partial charge in [0.05, 0.1) is 13.2 Å². The molecule has 0 radical (unpaired) electrons. The molecular formula is C33H43N11O4. The molecule has 6 rings (SSSR count). The summed E-state index contributed by atoms with van der Waals surface area (Å²) in [6.45, 7) is 8.07. The van der Waals surface area contributed by atoms with E-state index in [1.165, 1.54) is 0 Å². The van der Waals surface area contributed by atoms with Gasteiger partial charge in [-0.2, -0.15) is 15.0 Å². The van der Waals surface area contributed by atoms with Crippen molar-refractivity contribution in [3.8, 4) is 11.4 Å². The van der Waals surface area contributed by atoms with Gasteiger partial charge >= 0.3 is 12.1 Å². The highest BCUT2D eigenvalue weighted by atomic mass is 16.5. The Labute approximate surface area is 280 Å². The lowest BCUT2D eigenvalue weighted by Gasteiger charge is -2.36. The van der Waals surface area contributed by atoms with Gasteiger partial charge in [0.25, 0.3) is 5.91 Å². The van der Waals surface area contributed by atoms with E-state index in [2.05, 4.69) is 32.4 Å². The van der Waals surface area contributed by atoms with Crippen LogP contribution in [0.25, 0.3) is 11.4 Å². The number of anilines is 4. The molecule has 3 aliphatic heterocycles. The number of urea groups is 2. The van der Waals surface area contributed by atoms with E-state index in [1.807, 2.05) is 21.9 Å². The van der Waals surface area contributed by atoms with Crippen LogP contribution in [0.3, 0.4) is 0 Å². The van der Waals surface area contributed by atoms with Gasteiger partial charge in [0, 0.05) is 102 Å². The molecule has 0 spiro atoms. The van der Waals surface area contributed by atoms with Crippen molar-refractivity contribution in [1.29, 1.82) is 0 Å². The summed E-state index contributed by atoms with van der Waals surface area (Å²) in [6, 6.07) is 13.9. The molecule has 2 aromatic carbocycles. The van der Waals surface area contributed by atoms with Crippen LogP contribution in [0.15, 0.2) is 48.5 Å². The van der Waals surface area contributed by atoms with Crippen molar-refractivity contribution in [2.45, 2.75) is 0 Å². The second-order valence-electron chi connectivity index (χ2n) is 12.3. The van der Waals surface area contributed by atoms with Crippen molar-refractivity contribution in [2.24, 2.45) is 0 Å². The highest BCUT2D eigenvalue weighted by molar-refractivity contribution is 6.00. The van der Waals surface area contributed by atoms with Crippen molar-refractivity contribution in [1.82, 2.24) is 34.6 Å². The molecule has 0 aliphatic carbocycles. The van der Waals surface area contributed by atoms with Crippen molar-refractivity contribution in [3.05, 3.63) is 54.1 Å². The number of piperazine rings is 2. The van der Waals surface area contributed by atoms with Gasteiger partial charge in [-0.1, -0.05) is 0 Å². The van der Waals surface area contributed by atoms with Gasteiger partial charge in [-0.25, -0.2) is 9.59 Å². The number of carbonyl (C=O) groups excluding carboxylic acids is 3. The Hall–Kier alpha value is -5.02. The molecule has 0 bridgehead atoms. The van der Waals surface area contributed by atoms with Crippen LogP contribution in [-0.4, -0.2) is 152 Å². The van der Waals surface area contributed by atoms with Crippen LogP contribution in [0.4, 0.5) is 32.9 Å². The highest BCUT2D eigenvalue weighted by Crippen LogP contribution is 2.25. The number of morpholine rings is 1. The standard InChI is InChI=1S/C33H43N11O4/c1-39(2)33(47)44-18-16-42(17-19-44)30-36-28(37-31(38-30)43-20-22-48-23-21-43)24-4-8-26(9-5-24)34-32(46)35-27-10-6-25(7-11-27)29(45)41-14-12-40(3)13-15-41/h4-11H,12-23H2,1-3H3,(H2,34,35,46). The predicted molar refractivity (Wildman–Crippen MR) is 184 cm³/mol. The zero-order valence-electron chi connectivity index (χ0n) is 27.8. The van der Waals surface area contributed by atoms with Crippen LogP contribution >= 0.6 is 0 Å². The number of ether oxygens (including phenoxy) is 1. The van der Waals surface area contributed by atoms with Crippen molar-refractivity contribution in [2.75, 3.05) is 120 Å². The number of likely N-dealkylation sites (N-methyl/N-ethyl adjacent to an activating group) is 1. The molecule has 2 N–H and O–H groups in total. The molecule has 15 heteroatoms. The summed E-state index contributed by atoms with van der Waals surface area (Å²) in [5.74, 6) is 1.68. The molecule has 0 saturated carbocycles. The number of aromatic nitrogens is 3. The van der Waals surface area contributed by atoms with Gasteiger partial charge in [0.2, 0.25) is 11.9 Å². The van der Waals surface area contributed by atoms with Crippen LogP contribution in [0.2, 0.25) is 0 Å². The Bertz CT molecular complexity index is 1580. The topological polar surface area (TPSA) is 143 Å². The summed E-state index contributed by atoms with van der Waals surface area (Å²) in [6.07, 6.45) is 0. The number of rotatable bonds is 6. The Kier molecular flexibility index (Phi) is 10.2. The maximum absolute atomic E-state index is 12.8. The molecule has 3 fully saturated rings. The number of nitrogens with zero attached hydrogens (tertiary/aromatic N) is 9. The summed E-state index contributed by atoms with van der Waals surface area (Å²) in [5.41, 5.74) is 2.56. The molecule has 3 saturated heterocycles. The molecule has 1 aromatic heterocycles. The smallest absolute Gasteiger partial charge is 0.323 e. The summed E-state index contributed by atoms with van der Waals surface area (Å²) in [4.78, 5) is 64.2. The quantitative estimate of drug-likeness (QED) is 0.405. The highest BCUT2D eigenvalue weighted by Gasteiger charge is 2.26. The first-order valence-corrected chi connectivity index (χ1v) is 16.3. The predicted octanol–water partition coefficient (Wildman–Crippen LogP) is 2.21. The Morgan fingerprint density at radius 2 is 1.19 bits per heavy atom. The zero-order chi connectivity index (χ0) is 33.6. The molecule has 4 heterocycles. The SMILES string of the molecule is CN1CCN(C(=O)c2ccc(NC(=O)Nc3ccc(-c4nc(N5CCOCC5)nc(N5CCN(C(=O)N(C)C)CC5)n4)cc3)cc2)CC1. The summed E-state index contributed by atoms with van der Waals surface area (Å²) >= 11 is 0. The van der Waals surface area contributed by atoms with Gasteiger partial charge < -0.3 is 44.8 Å². The Morgan fingerprint density at radius 1 is 0.667 bits per heavy atom. The third kappa shape index (κ3) is 7.91. The molecule has 5 amide bonds. The molecule has 48 heavy (non-hydrogen) atoms. The minimum Gasteiger partial charge on any atom is -0.378 e. The monoisotopic (exact) mass is 657 g/mol. The van der Waals surface area contributed by atoms with E-state index in [0.29, 0.717) is 100 Å². The van der Waals surface area contributed by atoms with E-state index in [0.717, 1.165) is 18.7 Å². The average Bonchev–Trinajstić information content (AvgIpc) is 3.12.